The maximum Gasteiger partial charge on any atom is 0.410 e. The number of methoxy groups -OCH3 is 1. The van der Waals surface area contributed by atoms with Crippen LogP contribution in [0.15, 0.2) is 11.4 Å². The lowest BCUT2D eigenvalue weighted by Crippen LogP contribution is -2.43. The van der Waals surface area contributed by atoms with Gasteiger partial charge in [0.2, 0.25) is 0 Å². The van der Waals surface area contributed by atoms with Gasteiger partial charge in [-0.1, -0.05) is 0 Å². The fourth-order valence-electron chi connectivity index (χ4n) is 2.09. The van der Waals surface area contributed by atoms with Crippen LogP contribution in [0.3, 0.4) is 0 Å². The molecule has 0 aromatic carbocycles. The van der Waals surface area contributed by atoms with Gasteiger partial charge in [0.15, 0.2) is 6.04 Å². The summed E-state index contributed by atoms with van der Waals surface area (Å²) < 4.78 is 9.77. The largest absolute Gasteiger partial charge is 0.467 e. The Labute approximate surface area is 109 Å². The summed E-state index contributed by atoms with van der Waals surface area (Å²) in [5, 5.41) is 1.93. The Morgan fingerprint density at radius 1 is 1.56 bits per heavy atom. The maximum atomic E-state index is 11.9. The van der Waals surface area contributed by atoms with Crippen LogP contribution in [0.5, 0.6) is 0 Å². The summed E-state index contributed by atoms with van der Waals surface area (Å²) in [4.78, 5) is 26.3. The number of hydrogen-bond donors (Lipinski definition) is 0. The lowest BCUT2D eigenvalue weighted by Gasteiger charge is -2.32. The van der Waals surface area contributed by atoms with Crippen LogP contribution in [0.25, 0.3) is 0 Å². The van der Waals surface area contributed by atoms with E-state index in [0.717, 1.165) is 16.9 Å². The summed E-state index contributed by atoms with van der Waals surface area (Å²) in [6, 6.07) is 1.19. The van der Waals surface area contributed by atoms with Crippen LogP contribution >= 0.6 is 11.3 Å². The van der Waals surface area contributed by atoms with E-state index in [0.29, 0.717) is 13.2 Å². The number of carbonyl (C=O) groups is 2. The van der Waals surface area contributed by atoms with Gasteiger partial charge in [-0.2, -0.15) is 0 Å². The van der Waals surface area contributed by atoms with Gasteiger partial charge in [-0.05, 0) is 30.4 Å². The van der Waals surface area contributed by atoms with Gasteiger partial charge >= 0.3 is 12.1 Å². The number of hydrogen-bond acceptors (Lipinski definition) is 5. The van der Waals surface area contributed by atoms with Crippen molar-refractivity contribution in [3.05, 3.63) is 21.9 Å². The van der Waals surface area contributed by atoms with Crippen LogP contribution in [-0.4, -0.2) is 37.2 Å². The maximum absolute atomic E-state index is 11.9. The molecule has 0 bridgehead atoms. The average Bonchev–Trinajstić information content (AvgIpc) is 2.85. The topological polar surface area (TPSA) is 55.8 Å². The molecule has 0 saturated heterocycles. The van der Waals surface area contributed by atoms with E-state index in [2.05, 4.69) is 0 Å². The molecular weight excluding hydrogens is 254 g/mol. The summed E-state index contributed by atoms with van der Waals surface area (Å²) >= 11 is 1.60. The zero-order chi connectivity index (χ0) is 13.1. The Balaban J connectivity index is 2.31. The molecule has 0 saturated carbocycles. The Hall–Kier alpha value is -1.56. The third kappa shape index (κ3) is 2.20. The van der Waals surface area contributed by atoms with Crippen molar-refractivity contribution in [3.63, 3.8) is 0 Å². The van der Waals surface area contributed by atoms with Crippen molar-refractivity contribution in [2.24, 2.45) is 0 Å². The van der Waals surface area contributed by atoms with Gasteiger partial charge in [0, 0.05) is 11.4 Å². The molecule has 1 aromatic heterocycles. The summed E-state index contributed by atoms with van der Waals surface area (Å²) in [6.07, 6.45) is 0.281. The molecule has 0 spiro atoms. The van der Waals surface area contributed by atoms with E-state index in [1.54, 1.807) is 18.3 Å². The molecule has 2 heterocycles. The SMILES string of the molecule is CCOC(=O)N1CCc2sccc2C1C(=O)OC. The molecule has 1 unspecified atom stereocenters. The average molecular weight is 269 g/mol. The van der Waals surface area contributed by atoms with Crippen LogP contribution in [0.1, 0.15) is 23.4 Å². The van der Waals surface area contributed by atoms with E-state index in [-0.39, 0.29) is 0 Å². The summed E-state index contributed by atoms with van der Waals surface area (Å²) in [6.45, 7) is 2.51. The fourth-order valence-corrected chi connectivity index (χ4v) is 2.99. The quantitative estimate of drug-likeness (QED) is 0.770. The molecule has 0 fully saturated rings. The van der Waals surface area contributed by atoms with Crippen molar-refractivity contribution < 1.29 is 19.1 Å². The molecule has 1 aliphatic heterocycles. The Kier molecular flexibility index (Phi) is 3.86. The van der Waals surface area contributed by atoms with Crippen LogP contribution in [0, 0.1) is 0 Å². The predicted octanol–water partition coefficient (Wildman–Crippen LogP) is 1.98. The number of rotatable bonds is 2. The standard InChI is InChI=1S/C12H15NO4S/c1-3-17-12(15)13-6-4-9-8(5-7-18-9)10(13)11(14)16-2/h5,7,10H,3-4,6H2,1-2H3. The lowest BCUT2D eigenvalue weighted by molar-refractivity contribution is -0.147. The first-order valence-electron chi connectivity index (χ1n) is 5.76. The highest BCUT2D eigenvalue weighted by Gasteiger charge is 2.38. The predicted molar refractivity (Wildman–Crippen MR) is 66.5 cm³/mol. The van der Waals surface area contributed by atoms with E-state index < -0.39 is 18.1 Å². The number of carbonyl (C=O) groups excluding carboxylic acids is 2. The van der Waals surface area contributed by atoms with Crippen molar-refractivity contribution in [1.82, 2.24) is 4.90 Å². The van der Waals surface area contributed by atoms with Gasteiger partial charge in [-0.15, -0.1) is 11.3 Å². The molecule has 6 heteroatoms. The zero-order valence-electron chi connectivity index (χ0n) is 10.3. The highest BCUT2D eigenvalue weighted by molar-refractivity contribution is 7.10. The number of nitrogens with zero attached hydrogens (tertiary/aromatic N) is 1. The molecule has 2 rings (SSSR count). The molecule has 1 aliphatic rings. The minimum absolute atomic E-state index is 0.291. The van der Waals surface area contributed by atoms with E-state index in [1.165, 1.54) is 12.0 Å². The van der Waals surface area contributed by atoms with Crippen LogP contribution in [0.2, 0.25) is 0 Å². The monoisotopic (exact) mass is 269 g/mol. The Bertz CT molecular complexity index is 457. The first-order chi connectivity index (χ1) is 8.69. The smallest absolute Gasteiger partial charge is 0.410 e. The lowest BCUT2D eigenvalue weighted by atomic mass is 10.0. The normalized spacial score (nSPS) is 18.1. The van der Waals surface area contributed by atoms with Crippen molar-refractivity contribution in [2.75, 3.05) is 20.3 Å². The molecule has 0 N–H and O–H groups in total. The van der Waals surface area contributed by atoms with E-state index in [1.807, 2.05) is 11.4 Å². The number of thiophene rings is 1. The third-order valence-corrected chi connectivity index (χ3v) is 3.89. The fraction of sp³-hybridized carbons (Fsp3) is 0.500. The second kappa shape index (κ2) is 5.39. The molecule has 98 valence electrons. The van der Waals surface area contributed by atoms with E-state index in [9.17, 15) is 9.59 Å². The van der Waals surface area contributed by atoms with Gasteiger partial charge in [0.25, 0.3) is 0 Å². The van der Waals surface area contributed by atoms with Crippen molar-refractivity contribution in [3.8, 4) is 0 Å². The first kappa shape index (κ1) is 12.9. The minimum Gasteiger partial charge on any atom is -0.467 e. The van der Waals surface area contributed by atoms with Crippen LogP contribution in [0.4, 0.5) is 4.79 Å². The van der Waals surface area contributed by atoms with Gasteiger partial charge in [-0.25, -0.2) is 9.59 Å². The van der Waals surface area contributed by atoms with Crippen molar-refractivity contribution in [2.45, 2.75) is 19.4 Å². The molecule has 1 amide bonds. The molecule has 5 nitrogen and oxygen atoms in total. The Morgan fingerprint density at radius 2 is 2.33 bits per heavy atom. The number of fused-ring (bicyclic) bond motifs is 1. The zero-order valence-corrected chi connectivity index (χ0v) is 11.2. The van der Waals surface area contributed by atoms with Gasteiger partial charge in [-0.3, -0.25) is 4.90 Å². The second-order valence-corrected chi connectivity index (χ2v) is 4.87. The molecular formula is C12H15NO4S. The molecule has 0 aliphatic carbocycles. The summed E-state index contributed by atoms with van der Waals surface area (Å²) in [5.74, 6) is -0.428. The summed E-state index contributed by atoms with van der Waals surface area (Å²) in [7, 11) is 1.33. The first-order valence-corrected chi connectivity index (χ1v) is 6.64. The molecule has 1 atom stereocenters. The van der Waals surface area contributed by atoms with Crippen LogP contribution < -0.4 is 0 Å². The van der Waals surface area contributed by atoms with E-state index >= 15 is 0 Å². The number of ether oxygens (including phenoxy) is 2. The highest BCUT2D eigenvalue weighted by Crippen LogP contribution is 2.34. The number of amides is 1. The van der Waals surface area contributed by atoms with Crippen LogP contribution in [-0.2, 0) is 20.7 Å². The Morgan fingerprint density at radius 3 is 3.00 bits per heavy atom. The minimum atomic E-state index is -0.677. The van der Waals surface area contributed by atoms with Gasteiger partial charge in [0.1, 0.15) is 0 Å². The molecule has 0 radical (unpaired) electrons. The summed E-state index contributed by atoms with van der Waals surface area (Å²) in [5.41, 5.74) is 0.853. The third-order valence-electron chi connectivity index (χ3n) is 2.89. The van der Waals surface area contributed by atoms with Crippen molar-refractivity contribution in [1.29, 1.82) is 0 Å². The van der Waals surface area contributed by atoms with Crippen molar-refractivity contribution >= 4 is 23.4 Å². The second-order valence-electron chi connectivity index (χ2n) is 3.87. The van der Waals surface area contributed by atoms with Gasteiger partial charge in [0.05, 0.1) is 13.7 Å². The molecule has 1 aromatic rings. The molecule has 18 heavy (non-hydrogen) atoms. The van der Waals surface area contributed by atoms with Gasteiger partial charge < -0.3 is 9.47 Å². The number of esters is 1. The highest BCUT2D eigenvalue weighted by atomic mass is 32.1. The van der Waals surface area contributed by atoms with E-state index in [4.69, 9.17) is 9.47 Å².